The minimum Gasteiger partial charge on any atom is -0.588 e. The Bertz CT molecular complexity index is 1060. The smallest absolute Gasteiger partial charge is 0.183 e. The summed E-state index contributed by atoms with van der Waals surface area (Å²) < 4.78 is 41.4. The van der Waals surface area contributed by atoms with Crippen LogP contribution in [0.25, 0.3) is 11.3 Å². The average molecular weight is 401 g/mol. The maximum absolute atomic E-state index is 13.3. The number of nitrogens with two attached hydrogens (primary N) is 2. The first-order valence-corrected chi connectivity index (χ1v) is 9.26. The molecular weight excluding hydrogens is 384 g/mol. The van der Waals surface area contributed by atoms with Crippen molar-refractivity contribution in [2.24, 2.45) is 5.73 Å². The lowest BCUT2D eigenvalue weighted by molar-refractivity contribution is 0.504. The Morgan fingerprint density at radius 3 is 2.50 bits per heavy atom. The highest BCUT2D eigenvalue weighted by atomic mass is 32.2. The molecule has 1 aromatic heterocycles. The maximum atomic E-state index is 13.3. The standard InChI is InChI=1S/C19H17F2N5OS/c1-10-8-11(26-28(27)12-3-5-14(20)15(21)9-12)2-4-13(10)17-7-6-16(22)18(25-17)19(23)24/h2-9,26H,22H2,1H3,(H3,23,24). The van der Waals surface area contributed by atoms with Crippen molar-refractivity contribution >= 4 is 28.6 Å². The molecule has 0 saturated heterocycles. The van der Waals surface area contributed by atoms with Gasteiger partial charge >= 0.3 is 0 Å². The lowest BCUT2D eigenvalue weighted by Gasteiger charge is -2.14. The molecule has 1 atom stereocenters. The molecule has 1 heterocycles. The number of hydrogen-bond donors (Lipinski definition) is 4. The fourth-order valence-electron chi connectivity index (χ4n) is 2.61. The summed E-state index contributed by atoms with van der Waals surface area (Å²) in [7, 11) is 0. The maximum Gasteiger partial charge on any atom is 0.183 e. The van der Waals surface area contributed by atoms with Crippen molar-refractivity contribution in [1.29, 1.82) is 5.41 Å². The van der Waals surface area contributed by atoms with Crippen LogP contribution in [0.5, 0.6) is 0 Å². The molecule has 0 aliphatic heterocycles. The van der Waals surface area contributed by atoms with Gasteiger partial charge in [0.05, 0.1) is 17.1 Å². The zero-order valence-corrected chi connectivity index (χ0v) is 15.6. The van der Waals surface area contributed by atoms with Crippen molar-refractivity contribution in [1.82, 2.24) is 4.98 Å². The van der Waals surface area contributed by atoms with Crippen molar-refractivity contribution in [2.45, 2.75) is 11.8 Å². The van der Waals surface area contributed by atoms with Gasteiger partial charge in [0.1, 0.15) is 22.9 Å². The largest absolute Gasteiger partial charge is 0.588 e. The van der Waals surface area contributed by atoms with Gasteiger partial charge in [-0.05, 0) is 48.9 Å². The van der Waals surface area contributed by atoms with Crippen LogP contribution in [-0.2, 0) is 11.4 Å². The van der Waals surface area contributed by atoms with E-state index in [1.54, 1.807) is 30.3 Å². The number of amidine groups is 1. The Morgan fingerprint density at radius 1 is 1.11 bits per heavy atom. The second kappa shape index (κ2) is 7.83. The van der Waals surface area contributed by atoms with Crippen LogP contribution in [0.2, 0.25) is 0 Å². The van der Waals surface area contributed by atoms with Crippen molar-refractivity contribution < 1.29 is 13.3 Å². The van der Waals surface area contributed by atoms with Crippen molar-refractivity contribution in [3.05, 3.63) is 71.4 Å². The molecule has 6 N–H and O–H groups in total. The van der Waals surface area contributed by atoms with Crippen molar-refractivity contribution in [3.63, 3.8) is 0 Å². The molecule has 0 spiro atoms. The first kappa shape index (κ1) is 19.6. The molecule has 0 fully saturated rings. The molecule has 3 aromatic rings. The number of anilines is 2. The van der Waals surface area contributed by atoms with E-state index in [0.29, 0.717) is 17.1 Å². The molecule has 2 aromatic carbocycles. The van der Waals surface area contributed by atoms with Crippen LogP contribution >= 0.6 is 0 Å². The number of nitrogens with one attached hydrogen (secondary N) is 2. The van der Waals surface area contributed by atoms with Crippen LogP contribution in [0.1, 0.15) is 11.3 Å². The number of pyridine rings is 1. The number of halogens is 2. The van der Waals surface area contributed by atoms with E-state index in [0.717, 1.165) is 23.3 Å². The normalized spacial score (nSPS) is 11.9. The molecule has 28 heavy (non-hydrogen) atoms. The van der Waals surface area contributed by atoms with Crippen molar-refractivity contribution in [2.75, 3.05) is 10.5 Å². The number of aromatic nitrogens is 1. The molecule has 0 bridgehead atoms. The molecule has 0 amide bonds. The minimum atomic E-state index is -1.76. The van der Waals surface area contributed by atoms with E-state index in [-0.39, 0.29) is 16.4 Å². The SMILES string of the molecule is Cc1cc(N[S+]([O-])c2ccc(F)c(F)c2)ccc1-c1ccc(N)c(C(=N)N)n1. The number of hydrogen-bond acceptors (Lipinski definition) is 5. The topological polar surface area (TPSA) is 124 Å². The van der Waals surface area contributed by atoms with Gasteiger partial charge < -0.3 is 16.0 Å². The lowest BCUT2D eigenvalue weighted by Crippen LogP contribution is -2.16. The van der Waals surface area contributed by atoms with Gasteiger partial charge in [0, 0.05) is 11.6 Å². The van der Waals surface area contributed by atoms with Crippen LogP contribution in [0, 0.1) is 24.0 Å². The molecule has 0 radical (unpaired) electrons. The Kier molecular flexibility index (Phi) is 5.48. The number of rotatable bonds is 5. The third-order valence-electron chi connectivity index (χ3n) is 4.00. The average Bonchev–Trinajstić information content (AvgIpc) is 2.64. The minimum absolute atomic E-state index is 0.118. The molecule has 9 heteroatoms. The third-order valence-corrected chi connectivity index (χ3v) is 5.10. The molecule has 0 aliphatic carbocycles. The van der Waals surface area contributed by atoms with Gasteiger partial charge in [-0.2, -0.15) is 0 Å². The summed E-state index contributed by atoms with van der Waals surface area (Å²) in [5.41, 5.74) is 14.5. The van der Waals surface area contributed by atoms with E-state index in [4.69, 9.17) is 16.9 Å². The van der Waals surface area contributed by atoms with Gasteiger partial charge in [-0.25, -0.2) is 18.5 Å². The zero-order valence-electron chi connectivity index (χ0n) is 14.8. The molecule has 6 nitrogen and oxygen atoms in total. The van der Waals surface area contributed by atoms with E-state index >= 15 is 0 Å². The van der Waals surface area contributed by atoms with Gasteiger partial charge in [0.15, 0.2) is 16.5 Å². The van der Waals surface area contributed by atoms with Gasteiger partial charge in [-0.15, -0.1) is 0 Å². The van der Waals surface area contributed by atoms with Crippen LogP contribution in [0.15, 0.2) is 53.4 Å². The van der Waals surface area contributed by atoms with E-state index in [2.05, 4.69) is 9.71 Å². The van der Waals surface area contributed by atoms with Gasteiger partial charge in [0.2, 0.25) is 0 Å². The molecule has 0 saturated carbocycles. The Labute approximate surface area is 163 Å². The summed E-state index contributed by atoms with van der Waals surface area (Å²) in [6.45, 7) is 1.84. The summed E-state index contributed by atoms with van der Waals surface area (Å²) in [5, 5.41) is 7.55. The highest BCUT2D eigenvalue weighted by Crippen LogP contribution is 2.27. The summed E-state index contributed by atoms with van der Waals surface area (Å²) in [5.74, 6) is -2.28. The Balaban J connectivity index is 1.85. The Hall–Kier alpha value is -3.17. The second-order valence-corrected chi connectivity index (χ2v) is 7.24. The number of benzene rings is 2. The lowest BCUT2D eigenvalue weighted by atomic mass is 10.0. The van der Waals surface area contributed by atoms with E-state index in [1.807, 2.05) is 6.92 Å². The number of nitrogens with zero attached hydrogens (tertiary/aromatic N) is 1. The number of aryl methyl sites for hydroxylation is 1. The zero-order chi connectivity index (χ0) is 20.4. The highest BCUT2D eigenvalue weighted by Gasteiger charge is 2.16. The number of nitrogen functional groups attached to an aromatic ring is 2. The first-order chi connectivity index (χ1) is 13.3. The van der Waals surface area contributed by atoms with Crippen LogP contribution < -0.4 is 16.2 Å². The van der Waals surface area contributed by atoms with Crippen molar-refractivity contribution in [3.8, 4) is 11.3 Å². The fraction of sp³-hybridized carbons (Fsp3) is 0.0526. The highest BCUT2D eigenvalue weighted by molar-refractivity contribution is 7.92. The molecular formula is C19H17F2N5OS. The van der Waals surface area contributed by atoms with Gasteiger partial charge in [0.25, 0.3) is 0 Å². The van der Waals surface area contributed by atoms with Gasteiger partial charge in [-0.3, -0.25) is 5.41 Å². The summed E-state index contributed by atoms with van der Waals surface area (Å²) in [6.07, 6.45) is 0. The second-order valence-electron chi connectivity index (χ2n) is 6.02. The predicted molar refractivity (Wildman–Crippen MR) is 106 cm³/mol. The Morgan fingerprint density at radius 2 is 1.86 bits per heavy atom. The van der Waals surface area contributed by atoms with E-state index in [1.165, 1.54) is 6.07 Å². The molecule has 0 aliphatic rings. The summed E-state index contributed by atoms with van der Waals surface area (Å²) in [6, 6.07) is 11.6. The van der Waals surface area contributed by atoms with E-state index in [9.17, 15) is 13.3 Å². The molecule has 144 valence electrons. The summed E-state index contributed by atoms with van der Waals surface area (Å²) >= 11 is -1.76. The van der Waals surface area contributed by atoms with Crippen LogP contribution in [0.4, 0.5) is 20.2 Å². The predicted octanol–water partition coefficient (Wildman–Crippen LogP) is 3.34. The van der Waals surface area contributed by atoms with Crippen LogP contribution in [-0.4, -0.2) is 15.4 Å². The third kappa shape index (κ3) is 4.05. The quantitative estimate of drug-likeness (QED) is 0.297. The molecule has 3 rings (SSSR count). The van der Waals surface area contributed by atoms with Crippen LogP contribution in [0.3, 0.4) is 0 Å². The van der Waals surface area contributed by atoms with E-state index < -0.39 is 23.0 Å². The summed E-state index contributed by atoms with van der Waals surface area (Å²) in [4.78, 5) is 4.44. The first-order valence-electron chi connectivity index (χ1n) is 8.11. The molecule has 1 unspecified atom stereocenters. The fourth-order valence-corrected chi connectivity index (χ4v) is 3.47. The van der Waals surface area contributed by atoms with Gasteiger partial charge in [-0.1, -0.05) is 6.07 Å². The monoisotopic (exact) mass is 401 g/mol.